The van der Waals surface area contributed by atoms with Gasteiger partial charge in [-0.25, -0.2) is 0 Å². The molecule has 0 saturated carbocycles. The molecule has 2 atom stereocenters. The Morgan fingerprint density at radius 1 is 1.48 bits per heavy atom. The molecule has 1 aliphatic heterocycles. The lowest BCUT2D eigenvalue weighted by Crippen LogP contribution is -2.31. The number of thioether (sulfide) groups is 1. The molecule has 3 rings (SSSR count). The number of hydrogen-bond acceptors (Lipinski definition) is 6. The Morgan fingerprint density at radius 3 is 3.00 bits per heavy atom. The Labute approximate surface area is 139 Å². The summed E-state index contributed by atoms with van der Waals surface area (Å²) < 4.78 is 5.41. The highest BCUT2D eigenvalue weighted by Gasteiger charge is 2.35. The van der Waals surface area contributed by atoms with Crippen molar-refractivity contribution in [2.45, 2.75) is 25.4 Å². The fourth-order valence-electron chi connectivity index (χ4n) is 2.46. The van der Waals surface area contributed by atoms with Crippen LogP contribution in [0.5, 0.6) is 0 Å². The van der Waals surface area contributed by atoms with Crippen molar-refractivity contribution in [3.63, 3.8) is 0 Å². The van der Waals surface area contributed by atoms with Crippen LogP contribution in [0.3, 0.4) is 0 Å². The molecule has 1 fully saturated rings. The maximum absolute atomic E-state index is 12.7. The molecule has 1 N–H and O–H groups in total. The number of carbonyl (C=O) groups is 1. The van der Waals surface area contributed by atoms with Gasteiger partial charge in [0.2, 0.25) is 5.89 Å². The molecule has 0 radical (unpaired) electrons. The average molecular weight is 332 g/mol. The van der Waals surface area contributed by atoms with E-state index in [4.69, 9.17) is 4.52 Å². The molecule has 0 spiro atoms. The standard InChI is InChI=1S/C16H20N4O2S/c1-11(17-2)8-14-18-15(22-19-14)13-9-23-10-20(13)16(21)12-6-4-3-5-7-12/h3-7,11,13,17H,8-10H2,1-2H3. The third kappa shape index (κ3) is 3.56. The topological polar surface area (TPSA) is 71.3 Å². The zero-order chi connectivity index (χ0) is 16.2. The number of likely N-dealkylation sites (N-methyl/N-ethyl adjacent to an activating group) is 1. The second-order valence-electron chi connectivity index (χ2n) is 5.60. The summed E-state index contributed by atoms with van der Waals surface area (Å²) in [6.07, 6.45) is 0.701. The Morgan fingerprint density at radius 2 is 2.26 bits per heavy atom. The predicted octanol–water partition coefficient (Wildman–Crippen LogP) is 2.11. The van der Waals surface area contributed by atoms with Crippen LogP contribution in [0.15, 0.2) is 34.9 Å². The molecular formula is C16H20N4O2S. The minimum atomic E-state index is -0.154. The summed E-state index contributed by atoms with van der Waals surface area (Å²) in [6, 6.07) is 9.43. The van der Waals surface area contributed by atoms with Crippen LogP contribution < -0.4 is 5.32 Å². The van der Waals surface area contributed by atoms with E-state index in [1.54, 1.807) is 16.7 Å². The molecule has 2 aromatic rings. The lowest BCUT2D eigenvalue weighted by molar-refractivity contribution is 0.0722. The monoisotopic (exact) mass is 332 g/mol. The Hall–Kier alpha value is -1.86. The van der Waals surface area contributed by atoms with Crippen molar-refractivity contribution in [2.75, 3.05) is 18.7 Å². The van der Waals surface area contributed by atoms with E-state index in [0.29, 0.717) is 29.6 Å². The van der Waals surface area contributed by atoms with Crippen molar-refractivity contribution in [3.8, 4) is 0 Å². The maximum Gasteiger partial charge on any atom is 0.255 e. The summed E-state index contributed by atoms with van der Waals surface area (Å²) in [5, 5.41) is 7.19. The van der Waals surface area contributed by atoms with Crippen molar-refractivity contribution < 1.29 is 9.32 Å². The van der Waals surface area contributed by atoms with Gasteiger partial charge in [0, 0.05) is 23.8 Å². The lowest BCUT2D eigenvalue weighted by Gasteiger charge is -2.20. The quantitative estimate of drug-likeness (QED) is 0.904. The molecule has 1 aromatic carbocycles. The van der Waals surface area contributed by atoms with Crippen LogP contribution in [0.4, 0.5) is 0 Å². The first-order valence-electron chi connectivity index (χ1n) is 7.62. The molecule has 122 valence electrons. The number of aromatic nitrogens is 2. The summed E-state index contributed by atoms with van der Waals surface area (Å²) in [5.41, 5.74) is 0.684. The fourth-order valence-corrected chi connectivity index (χ4v) is 3.60. The van der Waals surface area contributed by atoms with E-state index in [1.807, 2.05) is 37.4 Å². The smallest absolute Gasteiger partial charge is 0.255 e. The summed E-state index contributed by atoms with van der Waals surface area (Å²) >= 11 is 1.70. The molecule has 2 unspecified atom stereocenters. The van der Waals surface area contributed by atoms with E-state index >= 15 is 0 Å². The van der Waals surface area contributed by atoms with E-state index in [1.165, 1.54) is 0 Å². The number of nitrogens with one attached hydrogen (secondary N) is 1. The summed E-state index contributed by atoms with van der Waals surface area (Å²) in [7, 11) is 1.90. The molecule has 1 amide bonds. The molecule has 6 nitrogen and oxygen atoms in total. The summed E-state index contributed by atoms with van der Waals surface area (Å²) in [5.74, 6) is 2.62. The average Bonchev–Trinajstić information content (AvgIpc) is 3.23. The third-order valence-corrected chi connectivity index (χ3v) is 4.93. The number of benzene rings is 1. The van der Waals surface area contributed by atoms with Crippen LogP contribution >= 0.6 is 11.8 Å². The molecule has 23 heavy (non-hydrogen) atoms. The van der Waals surface area contributed by atoms with Crippen molar-refractivity contribution in [2.24, 2.45) is 0 Å². The Bertz CT molecular complexity index is 661. The second-order valence-corrected chi connectivity index (χ2v) is 6.60. The molecule has 1 aromatic heterocycles. The maximum atomic E-state index is 12.7. The predicted molar refractivity (Wildman–Crippen MR) is 89.2 cm³/mol. The Kier molecular flexibility index (Phi) is 4.97. The number of nitrogens with zero attached hydrogens (tertiary/aromatic N) is 3. The van der Waals surface area contributed by atoms with E-state index in [9.17, 15) is 4.79 Å². The highest BCUT2D eigenvalue weighted by atomic mass is 32.2. The highest BCUT2D eigenvalue weighted by Crippen LogP contribution is 2.33. The van der Waals surface area contributed by atoms with Crippen molar-refractivity contribution in [1.82, 2.24) is 20.4 Å². The van der Waals surface area contributed by atoms with Crippen LogP contribution in [0.1, 0.15) is 35.0 Å². The fraction of sp³-hybridized carbons (Fsp3) is 0.438. The first-order chi connectivity index (χ1) is 11.2. The largest absolute Gasteiger partial charge is 0.337 e. The molecule has 1 saturated heterocycles. The van der Waals surface area contributed by atoms with E-state index in [-0.39, 0.29) is 18.0 Å². The molecule has 2 heterocycles. The zero-order valence-corrected chi connectivity index (χ0v) is 14.0. The van der Waals surface area contributed by atoms with Crippen LogP contribution in [-0.2, 0) is 6.42 Å². The number of carbonyl (C=O) groups excluding carboxylic acids is 1. The second kappa shape index (κ2) is 7.14. The van der Waals surface area contributed by atoms with Gasteiger partial charge < -0.3 is 14.7 Å². The van der Waals surface area contributed by atoms with Gasteiger partial charge in [-0.05, 0) is 26.1 Å². The molecular weight excluding hydrogens is 312 g/mol. The zero-order valence-electron chi connectivity index (χ0n) is 13.2. The first kappa shape index (κ1) is 16.0. The minimum Gasteiger partial charge on any atom is -0.337 e. The van der Waals surface area contributed by atoms with Crippen LogP contribution in [0.2, 0.25) is 0 Å². The van der Waals surface area contributed by atoms with Crippen LogP contribution in [0, 0.1) is 0 Å². The number of hydrogen-bond donors (Lipinski definition) is 1. The van der Waals surface area contributed by atoms with Gasteiger partial charge >= 0.3 is 0 Å². The van der Waals surface area contributed by atoms with E-state index in [2.05, 4.69) is 22.4 Å². The van der Waals surface area contributed by atoms with Gasteiger partial charge in [-0.1, -0.05) is 23.4 Å². The van der Waals surface area contributed by atoms with Crippen LogP contribution in [-0.4, -0.2) is 45.7 Å². The summed E-state index contributed by atoms with van der Waals surface area (Å²) in [6.45, 7) is 2.06. The van der Waals surface area contributed by atoms with Gasteiger partial charge in [0.1, 0.15) is 6.04 Å². The molecule has 7 heteroatoms. The number of amides is 1. The SMILES string of the molecule is CNC(C)Cc1noc(C2CSCN2C(=O)c2ccccc2)n1. The normalized spacial score (nSPS) is 19.0. The van der Waals surface area contributed by atoms with Crippen LogP contribution in [0.25, 0.3) is 0 Å². The van der Waals surface area contributed by atoms with Crippen molar-refractivity contribution >= 4 is 17.7 Å². The van der Waals surface area contributed by atoms with Gasteiger partial charge in [-0.2, -0.15) is 4.98 Å². The van der Waals surface area contributed by atoms with Gasteiger partial charge in [-0.3, -0.25) is 4.79 Å². The molecule has 0 bridgehead atoms. The Balaban J connectivity index is 1.75. The van der Waals surface area contributed by atoms with Gasteiger partial charge in [0.25, 0.3) is 5.91 Å². The van der Waals surface area contributed by atoms with E-state index in [0.717, 1.165) is 5.75 Å². The molecule has 0 aliphatic carbocycles. The highest BCUT2D eigenvalue weighted by molar-refractivity contribution is 7.99. The third-order valence-electron chi connectivity index (χ3n) is 3.91. The number of rotatable bonds is 5. The summed E-state index contributed by atoms with van der Waals surface area (Å²) in [4.78, 5) is 19.0. The van der Waals surface area contributed by atoms with Crippen molar-refractivity contribution in [1.29, 1.82) is 0 Å². The van der Waals surface area contributed by atoms with Gasteiger partial charge in [-0.15, -0.1) is 11.8 Å². The van der Waals surface area contributed by atoms with Gasteiger partial charge in [0.05, 0.1) is 5.88 Å². The first-order valence-corrected chi connectivity index (χ1v) is 8.78. The van der Waals surface area contributed by atoms with Crippen molar-refractivity contribution in [3.05, 3.63) is 47.6 Å². The lowest BCUT2D eigenvalue weighted by atomic mass is 10.2. The van der Waals surface area contributed by atoms with E-state index < -0.39 is 0 Å². The van der Waals surface area contributed by atoms with Gasteiger partial charge in [0.15, 0.2) is 5.82 Å². The minimum absolute atomic E-state index is 0.00365. The molecule has 1 aliphatic rings.